The van der Waals surface area contributed by atoms with Crippen LogP contribution in [0.2, 0.25) is 0 Å². The van der Waals surface area contributed by atoms with Crippen molar-refractivity contribution in [2.75, 3.05) is 13.1 Å². The highest BCUT2D eigenvalue weighted by Crippen LogP contribution is 2.53. The van der Waals surface area contributed by atoms with Crippen molar-refractivity contribution in [3.8, 4) is 0 Å². The zero-order chi connectivity index (χ0) is 17.8. The third-order valence-electron chi connectivity index (χ3n) is 6.84. The first kappa shape index (κ1) is 17.1. The molecule has 0 radical (unpaired) electrons. The van der Waals surface area contributed by atoms with Gasteiger partial charge in [0.15, 0.2) is 0 Å². The SMILES string of the molecule is CC(C)c1cccc([C@@H]2CCC3(C2)CN(C(=O)[C@H]2C[C@@](C)(O)C2)C3)c1. The highest BCUT2D eigenvalue weighted by Gasteiger charge is 2.53. The molecule has 3 fully saturated rings. The molecule has 1 heterocycles. The van der Waals surface area contributed by atoms with E-state index in [9.17, 15) is 9.90 Å². The van der Waals surface area contributed by atoms with Gasteiger partial charge in [-0.3, -0.25) is 4.79 Å². The molecular formula is C22H31NO2. The van der Waals surface area contributed by atoms with Gasteiger partial charge in [0.2, 0.25) is 5.91 Å². The van der Waals surface area contributed by atoms with Crippen LogP contribution in [0.4, 0.5) is 0 Å². The molecule has 1 aromatic rings. The van der Waals surface area contributed by atoms with Crippen LogP contribution in [0.15, 0.2) is 24.3 Å². The summed E-state index contributed by atoms with van der Waals surface area (Å²) in [5.41, 5.74) is 2.67. The summed E-state index contributed by atoms with van der Waals surface area (Å²) in [4.78, 5) is 14.6. The standard InChI is InChI=1S/C22H31NO2/c1-15(2)16-5-4-6-17(9-16)18-7-8-22(12-18)13-23(14-22)20(24)19-10-21(3,25)11-19/h4-6,9,15,18-19,25H,7-8,10-14H2,1-3H3/t18-,19-,21+/m1/s1. The molecule has 25 heavy (non-hydrogen) atoms. The lowest BCUT2D eigenvalue weighted by atomic mass is 9.69. The second kappa shape index (κ2) is 5.84. The van der Waals surface area contributed by atoms with Gasteiger partial charge in [0.1, 0.15) is 0 Å². The normalized spacial score (nSPS) is 33.4. The zero-order valence-corrected chi connectivity index (χ0v) is 15.8. The number of likely N-dealkylation sites (tertiary alicyclic amines) is 1. The third kappa shape index (κ3) is 3.12. The molecule has 3 aliphatic rings. The van der Waals surface area contributed by atoms with Crippen LogP contribution in [0.25, 0.3) is 0 Å². The average Bonchev–Trinajstić information content (AvgIpc) is 2.96. The van der Waals surface area contributed by atoms with Crippen molar-refractivity contribution in [1.82, 2.24) is 4.90 Å². The predicted octanol–water partition coefficient (Wildman–Crippen LogP) is 4.07. The molecule has 2 saturated carbocycles. The molecule has 1 aliphatic heterocycles. The van der Waals surface area contributed by atoms with Gasteiger partial charge in [0.25, 0.3) is 0 Å². The van der Waals surface area contributed by atoms with E-state index < -0.39 is 5.60 Å². The fourth-order valence-electron chi connectivity index (χ4n) is 5.30. The highest BCUT2D eigenvalue weighted by molar-refractivity contribution is 5.81. The summed E-state index contributed by atoms with van der Waals surface area (Å²) < 4.78 is 0. The summed E-state index contributed by atoms with van der Waals surface area (Å²) in [7, 11) is 0. The Morgan fingerprint density at radius 2 is 1.96 bits per heavy atom. The predicted molar refractivity (Wildman–Crippen MR) is 99.5 cm³/mol. The van der Waals surface area contributed by atoms with Crippen molar-refractivity contribution in [1.29, 1.82) is 0 Å². The van der Waals surface area contributed by atoms with Crippen LogP contribution in [0.1, 0.15) is 75.8 Å². The van der Waals surface area contributed by atoms with E-state index in [-0.39, 0.29) is 11.8 Å². The zero-order valence-electron chi connectivity index (χ0n) is 15.8. The summed E-state index contributed by atoms with van der Waals surface area (Å²) in [6.45, 7) is 8.21. The van der Waals surface area contributed by atoms with Gasteiger partial charge >= 0.3 is 0 Å². The maximum absolute atomic E-state index is 12.5. The molecule has 1 saturated heterocycles. The van der Waals surface area contributed by atoms with Gasteiger partial charge in [0, 0.05) is 24.4 Å². The largest absolute Gasteiger partial charge is 0.390 e. The molecule has 1 amide bonds. The number of rotatable bonds is 3. The van der Waals surface area contributed by atoms with Crippen LogP contribution in [-0.4, -0.2) is 34.6 Å². The van der Waals surface area contributed by atoms with E-state index in [0.29, 0.717) is 30.1 Å². The number of hydrogen-bond donors (Lipinski definition) is 1. The van der Waals surface area contributed by atoms with Crippen LogP contribution in [-0.2, 0) is 4.79 Å². The molecule has 1 aromatic carbocycles. The third-order valence-corrected chi connectivity index (χ3v) is 6.84. The number of aliphatic hydroxyl groups is 1. The molecule has 4 rings (SSSR count). The number of carbonyl (C=O) groups excluding carboxylic acids is 1. The number of benzene rings is 1. The quantitative estimate of drug-likeness (QED) is 0.900. The van der Waals surface area contributed by atoms with Crippen molar-refractivity contribution in [2.24, 2.45) is 11.3 Å². The molecule has 3 nitrogen and oxygen atoms in total. The van der Waals surface area contributed by atoms with E-state index in [1.807, 2.05) is 11.8 Å². The van der Waals surface area contributed by atoms with Crippen LogP contribution in [0, 0.1) is 11.3 Å². The topological polar surface area (TPSA) is 40.5 Å². The van der Waals surface area contributed by atoms with E-state index in [1.165, 1.54) is 30.4 Å². The van der Waals surface area contributed by atoms with E-state index >= 15 is 0 Å². The average molecular weight is 341 g/mol. The Balaban J connectivity index is 1.35. The van der Waals surface area contributed by atoms with E-state index in [2.05, 4.69) is 38.1 Å². The van der Waals surface area contributed by atoms with Gasteiger partial charge in [-0.1, -0.05) is 38.1 Å². The summed E-state index contributed by atoms with van der Waals surface area (Å²) in [6.07, 6.45) is 5.00. The lowest BCUT2D eigenvalue weighted by Crippen LogP contribution is -2.61. The summed E-state index contributed by atoms with van der Waals surface area (Å²) in [5.74, 6) is 1.57. The van der Waals surface area contributed by atoms with Gasteiger partial charge in [-0.15, -0.1) is 0 Å². The molecule has 1 atom stereocenters. The second-order valence-electron chi connectivity index (χ2n) is 9.56. The van der Waals surface area contributed by atoms with Crippen LogP contribution >= 0.6 is 0 Å². The molecule has 1 N–H and O–H groups in total. The lowest BCUT2D eigenvalue weighted by molar-refractivity contribution is -0.161. The first-order valence-electron chi connectivity index (χ1n) is 9.88. The Kier molecular flexibility index (Phi) is 3.99. The van der Waals surface area contributed by atoms with Gasteiger partial charge in [-0.05, 0) is 62.0 Å². The Bertz CT molecular complexity index is 664. The molecule has 136 valence electrons. The molecule has 0 aromatic heterocycles. The Hall–Kier alpha value is -1.35. The van der Waals surface area contributed by atoms with E-state index in [4.69, 9.17) is 0 Å². The maximum atomic E-state index is 12.5. The summed E-state index contributed by atoms with van der Waals surface area (Å²) >= 11 is 0. The number of nitrogens with zero attached hydrogens (tertiary/aromatic N) is 1. The Morgan fingerprint density at radius 1 is 1.24 bits per heavy atom. The smallest absolute Gasteiger partial charge is 0.225 e. The molecule has 1 spiro atoms. The molecule has 3 heteroatoms. The van der Waals surface area contributed by atoms with E-state index in [0.717, 1.165) is 13.1 Å². The van der Waals surface area contributed by atoms with Crippen molar-refractivity contribution < 1.29 is 9.90 Å². The molecule has 0 bridgehead atoms. The van der Waals surface area contributed by atoms with Crippen LogP contribution < -0.4 is 0 Å². The van der Waals surface area contributed by atoms with Crippen molar-refractivity contribution in [3.63, 3.8) is 0 Å². The molecule has 2 aliphatic carbocycles. The van der Waals surface area contributed by atoms with E-state index in [1.54, 1.807) is 0 Å². The summed E-state index contributed by atoms with van der Waals surface area (Å²) in [5, 5.41) is 9.86. The first-order valence-corrected chi connectivity index (χ1v) is 9.88. The van der Waals surface area contributed by atoms with Crippen LogP contribution in [0.5, 0.6) is 0 Å². The van der Waals surface area contributed by atoms with Crippen LogP contribution in [0.3, 0.4) is 0 Å². The monoisotopic (exact) mass is 341 g/mol. The number of hydrogen-bond acceptors (Lipinski definition) is 2. The van der Waals surface area contributed by atoms with Gasteiger partial charge < -0.3 is 10.0 Å². The second-order valence-corrected chi connectivity index (χ2v) is 9.56. The minimum atomic E-state index is -0.608. The summed E-state index contributed by atoms with van der Waals surface area (Å²) in [6, 6.07) is 9.12. The minimum absolute atomic E-state index is 0.0623. The van der Waals surface area contributed by atoms with Crippen molar-refractivity contribution >= 4 is 5.91 Å². The minimum Gasteiger partial charge on any atom is -0.390 e. The van der Waals surface area contributed by atoms with Crippen molar-refractivity contribution in [2.45, 2.75) is 70.3 Å². The Labute approximate surface area is 151 Å². The van der Waals surface area contributed by atoms with Gasteiger partial charge in [-0.25, -0.2) is 0 Å². The van der Waals surface area contributed by atoms with Gasteiger partial charge in [0.05, 0.1) is 5.60 Å². The molecule has 0 unspecified atom stereocenters. The first-order chi connectivity index (χ1) is 11.8. The van der Waals surface area contributed by atoms with Crippen molar-refractivity contribution in [3.05, 3.63) is 35.4 Å². The van der Waals surface area contributed by atoms with Gasteiger partial charge in [-0.2, -0.15) is 0 Å². The fraction of sp³-hybridized carbons (Fsp3) is 0.682. The fourth-order valence-corrected chi connectivity index (χ4v) is 5.30. The molecular weight excluding hydrogens is 310 g/mol. The number of amides is 1. The highest BCUT2D eigenvalue weighted by atomic mass is 16.3. The number of carbonyl (C=O) groups is 1. The maximum Gasteiger partial charge on any atom is 0.225 e. The lowest BCUT2D eigenvalue weighted by Gasteiger charge is -2.52. The Morgan fingerprint density at radius 3 is 2.60 bits per heavy atom.